The Hall–Kier alpha value is -2.13. The molecule has 0 fully saturated rings. The molecule has 124 valence electrons. The van der Waals surface area contributed by atoms with Crippen LogP contribution in [-0.2, 0) is 13.1 Å². The second-order valence-corrected chi connectivity index (χ2v) is 5.51. The topological polar surface area (TPSA) is 77.2 Å². The van der Waals surface area contributed by atoms with Crippen LogP contribution >= 0.6 is 11.3 Å². The predicted octanol–water partition coefficient (Wildman–Crippen LogP) is 2.47. The van der Waals surface area contributed by atoms with Gasteiger partial charge in [0.1, 0.15) is 16.5 Å². The third-order valence-electron chi connectivity index (χ3n) is 2.71. The summed E-state index contributed by atoms with van der Waals surface area (Å²) in [6, 6.07) is 6.10. The number of ether oxygens (including phenoxy) is 1. The monoisotopic (exact) mass is 345 g/mol. The first kappa shape index (κ1) is 17.2. The van der Waals surface area contributed by atoms with Crippen molar-refractivity contribution in [2.24, 2.45) is 5.73 Å². The molecular formula is C14H14F3N3O2S. The van der Waals surface area contributed by atoms with Crippen molar-refractivity contribution >= 4 is 17.2 Å². The molecule has 0 radical (unpaired) electrons. The molecule has 0 aliphatic heterocycles. The predicted molar refractivity (Wildman–Crippen MR) is 79.2 cm³/mol. The molecule has 0 unspecified atom stereocenters. The van der Waals surface area contributed by atoms with E-state index in [0.717, 1.165) is 0 Å². The first-order valence-electron chi connectivity index (χ1n) is 6.58. The van der Waals surface area contributed by atoms with Gasteiger partial charge in [0, 0.05) is 18.5 Å². The number of nitrogens with one attached hydrogen (secondary N) is 1. The number of hydrogen-bond acceptors (Lipinski definition) is 5. The van der Waals surface area contributed by atoms with Gasteiger partial charge in [-0.15, -0.1) is 11.3 Å². The van der Waals surface area contributed by atoms with E-state index in [1.165, 1.54) is 23.5 Å². The highest BCUT2D eigenvalue weighted by molar-refractivity contribution is 7.09. The zero-order valence-electron chi connectivity index (χ0n) is 11.9. The molecule has 0 saturated carbocycles. The van der Waals surface area contributed by atoms with E-state index in [2.05, 4.69) is 15.0 Å². The molecule has 1 heterocycles. The van der Waals surface area contributed by atoms with E-state index < -0.39 is 12.8 Å². The number of hydrogen-bond donors (Lipinski definition) is 2. The standard InChI is InChI=1S/C14H14F3N3O2S/c15-14(16,17)8-22-10-3-1-2-9(4-10)6-19-13(21)11-7-23-12(5-18)20-11/h1-4,7H,5-6,8,18H2,(H,19,21). The third-order valence-corrected chi connectivity index (χ3v) is 3.58. The number of amides is 1. The van der Waals surface area contributed by atoms with E-state index in [1.54, 1.807) is 17.5 Å². The van der Waals surface area contributed by atoms with Crippen molar-refractivity contribution < 1.29 is 22.7 Å². The Morgan fingerprint density at radius 3 is 2.83 bits per heavy atom. The molecule has 0 aliphatic rings. The van der Waals surface area contributed by atoms with Crippen LogP contribution in [0.15, 0.2) is 29.6 Å². The molecular weight excluding hydrogens is 331 g/mol. The molecule has 0 bridgehead atoms. The lowest BCUT2D eigenvalue weighted by atomic mass is 10.2. The van der Waals surface area contributed by atoms with Gasteiger partial charge < -0.3 is 15.8 Å². The van der Waals surface area contributed by atoms with Gasteiger partial charge in [-0.25, -0.2) is 4.98 Å². The van der Waals surface area contributed by atoms with E-state index in [1.807, 2.05) is 0 Å². The number of aromatic nitrogens is 1. The number of thiazole rings is 1. The normalized spacial score (nSPS) is 11.3. The maximum atomic E-state index is 12.1. The van der Waals surface area contributed by atoms with Gasteiger partial charge in [0.05, 0.1) is 0 Å². The van der Waals surface area contributed by atoms with Gasteiger partial charge in [-0.05, 0) is 17.7 Å². The zero-order valence-corrected chi connectivity index (χ0v) is 12.7. The third kappa shape index (κ3) is 5.53. The Morgan fingerprint density at radius 2 is 2.17 bits per heavy atom. The van der Waals surface area contributed by atoms with Crippen LogP contribution in [0.4, 0.5) is 13.2 Å². The highest BCUT2D eigenvalue weighted by Gasteiger charge is 2.28. The quantitative estimate of drug-likeness (QED) is 0.843. The van der Waals surface area contributed by atoms with Crippen LogP contribution in [0.2, 0.25) is 0 Å². The van der Waals surface area contributed by atoms with Gasteiger partial charge in [-0.2, -0.15) is 13.2 Å². The average Bonchev–Trinajstić information content (AvgIpc) is 2.99. The minimum atomic E-state index is -4.39. The molecule has 0 saturated heterocycles. The van der Waals surface area contributed by atoms with E-state index in [-0.39, 0.29) is 30.4 Å². The maximum absolute atomic E-state index is 12.1. The molecule has 1 amide bonds. The summed E-state index contributed by atoms with van der Waals surface area (Å²) in [5.41, 5.74) is 6.31. The summed E-state index contributed by atoms with van der Waals surface area (Å²) in [6.07, 6.45) is -4.39. The Labute approximate surface area is 134 Å². The van der Waals surface area contributed by atoms with Gasteiger partial charge in [-0.3, -0.25) is 4.79 Å². The van der Waals surface area contributed by atoms with E-state index in [9.17, 15) is 18.0 Å². The van der Waals surface area contributed by atoms with Crippen molar-refractivity contribution in [3.63, 3.8) is 0 Å². The molecule has 1 aromatic heterocycles. The van der Waals surface area contributed by atoms with Crippen LogP contribution < -0.4 is 15.8 Å². The Kier molecular flexibility index (Phi) is 5.56. The number of carbonyl (C=O) groups is 1. The summed E-state index contributed by atoms with van der Waals surface area (Å²) in [4.78, 5) is 15.9. The fourth-order valence-corrected chi connectivity index (χ4v) is 2.35. The van der Waals surface area contributed by atoms with E-state index >= 15 is 0 Å². The molecule has 0 spiro atoms. The minimum absolute atomic E-state index is 0.0909. The van der Waals surface area contributed by atoms with Gasteiger partial charge in [0.2, 0.25) is 0 Å². The highest BCUT2D eigenvalue weighted by atomic mass is 32.1. The van der Waals surface area contributed by atoms with Crippen molar-refractivity contribution in [3.05, 3.63) is 45.9 Å². The van der Waals surface area contributed by atoms with Crippen LogP contribution in [-0.4, -0.2) is 23.7 Å². The van der Waals surface area contributed by atoms with E-state index in [0.29, 0.717) is 10.6 Å². The van der Waals surface area contributed by atoms with Gasteiger partial charge in [0.15, 0.2) is 6.61 Å². The molecule has 23 heavy (non-hydrogen) atoms. The molecule has 2 aromatic rings. The minimum Gasteiger partial charge on any atom is -0.484 e. The Bertz CT molecular complexity index is 673. The lowest BCUT2D eigenvalue weighted by molar-refractivity contribution is -0.153. The van der Waals surface area contributed by atoms with Crippen molar-refractivity contribution in [1.82, 2.24) is 10.3 Å². The number of alkyl halides is 3. The summed E-state index contributed by atoms with van der Waals surface area (Å²) >= 11 is 1.29. The molecule has 3 N–H and O–H groups in total. The SMILES string of the molecule is NCc1nc(C(=O)NCc2cccc(OCC(F)(F)F)c2)cs1. The molecule has 2 rings (SSSR count). The number of halogens is 3. The average molecular weight is 345 g/mol. The van der Waals surface area contributed by atoms with Crippen LogP contribution in [0.3, 0.4) is 0 Å². The second kappa shape index (κ2) is 7.42. The fourth-order valence-electron chi connectivity index (χ4n) is 1.69. The van der Waals surface area contributed by atoms with E-state index in [4.69, 9.17) is 5.73 Å². The van der Waals surface area contributed by atoms with Gasteiger partial charge >= 0.3 is 6.18 Å². The van der Waals surface area contributed by atoms with Crippen LogP contribution in [0.5, 0.6) is 5.75 Å². The lowest BCUT2D eigenvalue weighted by Gasteiger charge is -2.10. The molecule has 1 aromatic carbocycles. The second-order valence-electron chi connectivity index (χ2n) is 4.56. The lowest BCUT2D eigenvalue weighted by Crippen LogP contribution is -2.23. The first-order valence-corrected chi connectivity index (χ1v) is 7.46. The number of nitrogens with zero attached hydrogens (tertiary/aromatic N) is 1. The fraction of sp³-hybridized carbons (Fsp3) is 0.286. The van der Waals surface area contributed by atoms with Crippen molar-refractivity contribution in [1.29, 1.82) is 0 Å². The smallest absolute Gasteiger partial charge is 0.422 e. The zero-order chi connectivity index (χ0) is 16.9. The van der Waals surface area contributed by atoms with Crippen molar-refractivity contribution in [2.75, 3.05) is 6.61 Å². The summed E-state index contributed by atoms with van der Waals surface area (Å²) in [5, 5.41) is 4.89. The molecule has 0 atom stereocenters. The first-order chi connectivity index (χ1) is 10.9. The van der Waals surface area contributed by atoms with Crippen LogP contribution in [0.25, 0.3) is 0 Å². The van der Waals surface area contributed by atoms with Crippen LogP contribution in [0.1, 0.15) is 21.1 Å². The van der Waals surface area contributed by atoms with Crippen LogP contribution in [0, 0.1) is 0 Å². The molecule has 0 aliphatic carbocycles. The number of carbonyl (C=O) groups excluding carboxylic acids is 1. The van der Waals surface area contributed by atoms with Crippen molar-refractivity contribution in [2.45, 2.75) is 19.3 Å². The molecule has 9 heteroatoms. The summed E-state index contributed by atoms with van der Waals surface area (Å²) in [7, 11) is 0. The largest absolute Gasteiger partial charge is 0.484 e. The molecule has 5 nitrogen and oxygen atoms in total. The Morgan fingerprint density at radius 1 is 1.39 bits per heavy atom. The Balaban J connectivity index is 1.91. The van der Waals surface area contributed by atoms with Gasteiger partial charge in [0.25, 0.3) is 5.91 Å². The maximum Gasteiger partial charge on any atom is 0.422 e. The summed E-state index contributed by atoms with van der Waals surface area (Å²) in [6.45, 7) is -0.947. The highest BCUT2D eigenvalue weighted by Crippen LogP contribution is 2.19. The summed E-state index contributed by atoms with van der Waals surface area (Å²) in [5.74, 6) is -0.282. The number of nitrogens with two attached hydrogens (primary N) is 1. The van der Waals surface area contributed by atoms with Crippen molar-refractivity contribution in [3.8, 4) is 5.75 Å². The van der Waals surface area contributed by atoms with Gasteiger partial charge in [-0.1, -0.05) is 12.1 Å². The number of rotatable bonds is 6. The number of benzene rings is 1. The summed E-state index contributed by atoms with van der Waals surface area (Å²) < 4.78 is 41.0.